The fraction of sp³-hybridized carbons (Fsp3) is 0.350. The molecule has 26 heavy (non-hydrogen) atoms. The lowest BCUT2D eigenvalue weighted by Gasteiger charge is -2.40. The average Bonchev–Trinajstić information content (AvgIpc) is 2.63. The van der Waals surface area contributed by atoms with Crippen molar-refractivity contribution >= 4 is 5.91 Å². The van der Waals surface area contributed by atoms with Gasteiger partial charge in [-0.05, 0) is 41.8 Å². The average molecular weight is 358 g/mol. The Morgan fingerprint density at radius 2 is 2.12 bits per heavy atom. The van der Waals surface area contributed by atoms with Gasteiger partial charge in [-0.2, -0.15) is 0 Å². The van der Waals surface area contributed by atoms with Gasteiger partial charge in [0.1, 0.15) is 11.6 Å². The van der Waals surface area contributed by atoms with Crippen LogP contribution in [0.25, 0.3) is 0 Å². The van der Waals surface area contributed by atoms with Crippen LogP contribution < -0.4 is 10.1 Å². The summed E-state index contributed by atoms with van der Waals surface area (Å²) >= 11 is 0. The van der Waals surface area contributed by atoms with E-state index >= 15 is 0 Å². The van der Waals surface area contributed by atoms with E-state index in [2.05, 4.69) is 10.2 Å². The Bertz CT molecular complexity index is 751. The molecule has 0 bridgehead atoms. The second kappa shape index (κ2) is 8.29. The van der Waals surface area contributed by atoms with Crippen molar-refractivity contribution in [2.45, 2.75) is 25.0 Å². The molecular formula is C20H23FN2O3. The van der Waals surface area contributed by atoms with Crippen LogP contribution in [0, 0.1) is 5.82 Å². The van der Waals surface area contributed by atoms with Gasteiger partial charge in [0.05, 0.1) is 25.8 Å². The molecule has 0 aliphatic carbocycles. The number of rotatable bonds is 7. The van der Waals surface area contributed by atoms with Crippen molar-refractivity contribution in [1.29, 1.82) is 0 Å². The first-order chi connectivity index (χ1) is 12.6. The summed E-state index contributed by atoms with van der Waals surface area (Å²) in [4.78, 5) is 14.7. The minimum absolute atomic E-state index is 0.145. The first-order valence-corrected chi connectivity index (χ1v) is 8.64. The lowest BCUT2D eigenvalue weighted by Crippen LogP contribution is -2.56. The van der Waals surface area contributed by atoms with Gasteiger partial charge in [0.25, 0.3) is 0 Å². The highest BCUT2D eigenvalue weighted by Gasteiger charge is 2.34. The first-order valence-electron chi connectivity index (χ1n) is 8.64. The molecule has 1 aliphatic rings. The predicted octanol–water partition coefficient (Wildman–Crippen LogP) is 2.26. The molecule has 5 nitrogen and oxygen atoms in total. The second-order valence-electron chi connectivity index (χ2n) is 6.42. The number of ether oxygens (including phenoxy) is 1. The quantitative estimate of drug-likeness (QED) is 0.797. The van der Waals surface area contributed by atoms with Gasteiger partial charge in [-0.15, -0.1) is 0 Å². The van der Waals surface area contributed by atoms with Crippen LogP contribution in [0.2, 0.25) is 0 Å². The van der Waals surface area contributed by atoms with Gasteiger partial charge >= 0.3 is 0 Å². The van der Waals surface area contributed by atoms with E-state index in [-0.39, 0.29) is 24.4 Å². The topological polar surface area (TPSA) is 61.8 Å². The Morgan fingerprint density at radius 1 is 1.35 bits per heavy atom. The van der Waals surface area contributed by atoms with Crippen molar-refractivity contribution in [3.63, 3.8) is 0 Å². The van der Waals surface area contributed by atoms with Crippen molar-refractivity contribution in [3.8, 4) is 5.75 Å². The van der Waals surface area contributed by atoms with E-state index in [9.17, 15) is 14.3 Å². The molecule has 6 heteroatoms. The number of nitrogens with one attached hydrogen (secondary N) is 1. The van der Waals surface area contributed by atoms with Crippen LogP contribution in [0.4, 0.5) is 4.39 Å². The molecule has 0 aromatic heterocycles. The van der Waals surface area contributed by atoms with Gasteiger partial charge in [-0.3, -0.25) is 9.69 Å². The molecule has 1 heterocycles. The highest BCUT2D eigenvalue weighted by molar-refractivity contribution is 5.83. The summed E-state index contributed by atoms with van der Waals surface area (Å²) in [6.07, 6.45) is 0.767. The minimum atomic E-state index is -0.610. The van der Waals surface area contributed by atoms with E-state index in [0.29, 0.717) is 12.1 Å². The summed E-state index contributed by atoms with van der Waals surface area (Å²) in [5.41, 5.74) is 1.66. The van der Waals surface area contributed by atoms with Crippen LogP contribution in [0.3, 0.4) is 0 Å². The summed E-state index contributed by atoms with van der Waals surface area (Å²) in [5, 5.41) is 12.4. The number of benzene rings is 2. The molecule has 138 valence electrons. The van der Waals surface area contributed by atoms with Crippen molar-refractivity contribution < 1.29 is 19.0 Å². The van der Waals surface area contributed by atoms with Crippen LogP contribution in [0.15, 0.2) is 48.5 Å². The molecule has 2 N–H and O–H groups in total. The summed E-state index contributed by atoms with van der Waals surface area (Å²) in [6, 6.07) is 12.8. The summed E-state index contributed by atoms with van der Waals surface area (Å²) in [5.74, 6) is 0.264. The van der Waals surface area contributed by atoms with Gasteiger partial charge in [0.2, 0.25) is 5.91 Å². The van der Waals surface area contributed by atoms with Gasteiger partial charge in [-0.1, -0.05) is 24.3 Å². The van der Waals surface area contributed by atoms with Crippen molar-refractivity contribution in [1.82, 2.24) is 10.2 Å². The number of hydrogen-bond acceptors (Lipinski definition) is 4. The Kier molecular flexibility index (Phi) is 5.85. The molecule has 0 saturated carbocycles. The Hall–Kier alpha value is -2.44. The first kappa shape index (κ1) is 18.4. The molecule has 2 atom stereocenters. The monoisotopic (exact) mass is 358 g/mol. The maximum atomic E-state index is 13.4. The summed E-state index contributed by atoms with van der Waals surface area (Å²) in [6.45, 7) is 1.24. The molecule has 0 spiro atoms. The van der Waals surface area contributed by atoms with Crippen molar-refractivity contribution in [2.75, 3.05) is 20.3 Å². The molecule has 1 fully saturated rings. The van der Waals surface area contributed by atoms with E-state index < -0.39 is 6.04 Å². The predicted molar refractivity (Wildman–Crippen MR) is 96.2 cm³/mol. The second-order valence-corrected chi connectivity index (χ2v) is 6.42. The van der Waals surface area contributed by atoms with E-state index in [0.717, 1.165) is 24.3 Å². The van der Waals surface area contributed by atoms with Gasteiger partial charge in [0, 0.05) is 13.1 Å². The van der Waals surface area contributed by atoms with Crippen molar-refractivity contribution in [3.05, 3.63) is 65.5 Å². The number of aliphatic hydroxyl groups excluding tert-OH is 1. The number of likely N-dealkylation sites (tertiary alicyclic amines) is 1. The SMILES string of the molecule is COc1ccc(CN2CCC2C(=O)NC(CO)c2cccc(F)c2)cc1. The number of carbonyl (C=O) groups excluding carboxylic acids is 1. The van der Waals surface area contributed by atoms with Gasteiger partial charge in [-0.25, -0.2) is 4.39 Å². The number of nitrogens with zero attached hydrogens (tertiary/aromatic N) is 1. The van der Waals surface area contributed by atoms with E-state index in [1.165, 1.54) is 12.1 Å². The maximum absolute atomic E-state index is 13.4. The van der Waals surface area contributed by atoms with Crippen LogP contribution in [0.1, 0.15) is 23.6 Å². The van der Waals surface area contributed by atoms with Crippen LogP contribution in [0.5, 0.6) is 5.75 Å². The van der Waals surface area contributed by atoms with E-state index in [4.69, 9.17) is 4.74 Å². The highest BCUT2D eigenvalue weighted by atomic mass is 19.1. The lowest BCUT2D eigenvalue weighted by molar-refractivity contribution is -0.132. The third kappa shape index (κ3) is 4.20. The maximum Gasteiger partial charge on any atom is 0.237 e. The molecule has 1 aliphatic heterocycles. The summed E-state index contributed by atoms with van der Waals surface area (Å²) < 4.78 is 18.5. The molecule has 2 unspecified atom stereocenters. The Labute approximate surface area is 152 Å². The number of hydrogen-bond donors (Lipinski definition) is 2. The fourth-order valence-electron chi connectivity index (χ4n) is 3.12. The van der Waals surface area contributed by atoms with Crippen molar-refractivity contribution in [2.24, 2.45) is 0 Å². The largest absolute Gasteiger partial charge is 0.497 e. The molecule has 0 radical (unpaired) electrons. The molecule has 1 saturated heterocycles. The Balaban J connectivity index is 1.60. The number of carbonyl (C=O) groups is 1. The van der Waals surface area contributed by atoms with Crippen LogP contribution in [-0.2, 0) is 11.3 Å². The van der Waals surface area contributed by atoms with Gasteiger partial charge < -0.3 is 15.2 Å². The smallest absolute Gasteiger partial charge is 0.237 e. The molecule has 2 aromatic rings. The number of amides is 1. The number of aliphatic hydroxyl groups is 1. The minimum Gasteiger partial charge on any atom is -0.497 e. The zero-order chi connectivity index (χ0) is 18.5. The number of methoxy groups -OCH3 is 1. The normalized spacial score (nSPS) is 18.0. The van der Waals surface area contributed by atoms with Gasteiger partial charge in [0.15, 0.2) is 0 Å². The zero-order valence-electron chi connectivity index (χ0n) is 14.7. The van der Waals surface area contributed by atoms with E-state index in [1.54, 1.807) is 19.2 Å². The fourth-order valence-corrected chi connectivity index (χ4v) is 3.12. The third-order valence-electron chi connectivity index (χ3n) is 4.73. The molecule has 1 amide bonds. The highest BCUT2D eigenvalue weighted by Crippen LogP contribution is 2.23. The third-order valence-corrected chi connectivity index (χ3v) is 4.73. The standard InChI is InChI=1S/C20H23FN2O3/c1-26-17-7-5-14(6-8-17)12-23-10-9-19(23)20(25)22-18(13-24)15-3-2-4-16(21)11-15/h2-8,11,18-19,24H,9-10,12-13H2,1H3,(H,22,25). The van der Waals surface area contributed by atoms with E-state index in [1.807, 2.05) is 24.3 Å². The number of halogens is 1. The molecular weight excluding hydrogens is 335 g/mol. The lowest BCUT2D eigenvalue weighted by atomic mass is 9.99. The van der Waals surface area contributed by atoms with Crippen LogP contribution >= 0.6 is 0 Å². The zero-order valence-corrected chi connectivity index (χ0v) is 14.7. The Morgan fingerprint density at radius 3 is 2.69 bits per heavy atom. The van der Waals surface area contributed by atoms with Crippen LogP contribution in [-0.4, -0.2) is 42.2 Å². The molecule has 2 aromatic carbocycles. The summed E-state index contributed by atoms with van der Waals surface area (Å²) in [7, 11) is 1.63. The molecule has 3 rings (SSSR count).